The Morgan fingerprint density at radius 1 is 1.15 bits per heavy atom. The van der Waals surface area contributed by atoms with Gasteiger partial charge >= 0.3 is 5.97 Å². The number of carbonyl (C=O) groups excluding carboxylic acids is 3. The van der Waals surface area contributed by atoms with Crippen LogP contribution in [0.25, 0.3) is 0 Å². The molecule has 0 aromatic heterocycles. The number of nitrogens with zero attached hydrogens (tertiary/aromatic N) is 1. The van der Waals surface area contributed by atoms with Crippen molar-refractivity contribution in [2.45, 2.75) is 19.8 Å². The quantitative estimate of drug-likeness (QED) is 0.254. The van der Waals surface area contributed by atoms with E-state index in [1.165, 1.54) is 13.3 Å². The molecule has 33 heavy (non-hydrogen) atoms. The molecule has 11 heteroatoms. The second-order valence-corrected chi connectivity index (χ2v) is 7.71. The fraction of sp³-hybridized carbons (Fsp3) is 0.273. The number of anilines is 1. The second kappa shape index (κ2) is 13.4. The summed E-state index contributed by atoms with van der Waals surface area (Å²) in [5.74, 6) is -0.579. The van der Waals surface area contributed by atoms with Gasteiger partial charge in [-0.1, -0.05) is 23.7 Å². The number of amides is 2. The number of carbonyl (C=O) groups is 3. The van der Waals surface area contributed by atoms with Crippen molar-refractivity contribution in [1.29, 1.82) is 0 Å². The summed E-state index contributed by atoms with van der Waals surface area (Å²) in [5, 5.41) is 6.96. The Balaban J connectivity index is 1.87. The van der Waals surface area contributed by atoms with Gasteiger partial charge < -0.3 is 19.5 Å². The molecule has 2 N–H and O–H groups in total. The molecule has 0 bridgehead atoms. The number of methoxy groups -OCH3 is 1. The molecule has 2 aromatic carbocycles. The van der Waals surface area contributed by atoms with Gasteiger partial charge in [0.1, 0.15) is 0 Å². The van der Waals surface area contributed by atoms with Crippen molar-refractivity contribution in [2.24, 2.45) is 5.10 Å². The molecular formula is C22H23BrClN3O6. The summed E-state index contributed by atoms with van der Waals surface area (Å²) in [5.41, 5.74) is 3.44. The molecule has 0 unspecified atom stereocenters. The average Bonchev–Trinajstić information content (AvgIpc) is 2.78. The standard InChI is InChI=1S/C22H23BrClN3O6/c1-3-32-21(30)13-33-22-15(23)10-14(11-18(22)31-2)12-25-27-20(29)9-8-19(28)26-17-7-5-4-6-16(17)24/h4-7,10-12H,3,8-9,13H2,1-2H3,(H,26,28)(H,27,29). The number of para-hydroxylation sites is 1. The fourth-order valence-electron chi connectivity index (χ4n) is 2.53. The van der Waals surface area contributed by atoms with E-state index in [1.807, 2.05) is 0 Å². The molecule has 0 aliphatic carbocycles. The monoisotopic (exact) mass is 539 g/mol. The Labute approximate surface area is 204 Å². The Morgan fingerprint density at radius 2 is 1.88 bits per heavy atom. The van der Waals surface area contributed by atoms with Gasteiger partial charge in [0.25, 0.3) is 0 Å². The number of benzene rings is 2. The maximum absolute atomic E-state index is 12.0. The highest BCUT2D eigenvalue weighted by Gasteiger charge is 2.14. The topological polar surface area (TPSA) is 115 Å². The van der Waals surface area contributed by atoms with Crippen LogP contribution in [0.15, 0.2) is 46.0 Å². The summed E-state index contributed by atoms with van der Waals surface area (Å²) in [6, 6.07) is 10.1. The highest BCUT2D eigenvalue weighted by Crippen LogP contribution is 2.36. The summed E-state index contributed by atoms with van der Waals surface area (Å²) in [6.45, 7) is 1.70. The molecular weight excluding hydrogens is 518 g/mol. The number of esters is 1. The summed E-state index contributed by atoms with van der Waals surface area (Å²) < 4.78 is 16.1. The molecule has 2 aromatic rings. The fourth-order valence-corrected chi connectivity index (χ4v) is 3.28. The first-order valence-corrected chi connectivity index (χ1v) is 11.0. The van der Waals surface area contributed by atoms with Crippen LogP contribution in [0.2, 0.25) is 5.02 Å². The Hall–Kier alpha value is -3.11. The van der Waals surface area contributed by atoms with Crippen LogP contribution in [0.1, 0.15) is 25.3 Å². The molecule has 0 fully saturated rings. The van der Waals surface area contributed by atoms with Crippen molar-refractivity contribution < 1.29 is 28.6 Å². The summed E-state index contributed by atoms with van der Waals surface area (Å²) in [4.78, 5) is 35.5. The van der Waals surface area contributed by atoms with E-state index >= 15 is 0 Å². The predicted molar refractivity (Wildman–Crippen MR) is 128 cm³/mol. The smallest absolute Gasteiger partial charge is 0.344 e. The Morgan fingerprint density at radius 3 is 2.58 bits per heavy atom. The van der Waals surface area contributed by atoms with E-state index in [-0.39, 0.29) is 32.0 Å². The van der Waals surface area contributed by atoms with Crippen LogP contribution >= 0.6 is 27.5 Å². The lowest BCUT2D eigenvalue weighted by Gasteiger charge is -2.13. The van der Waals surface area contributed by atoms with Gasteiger partial charge in [-0.05, 0) is 52.7 Å². The molecule has 0 saturated heterocycles. The van der Waals surface area contributed by atoms with Crippen LogP contribution in [-0.4, -0.2) is 44.3 Å². The number of hydrogen-bond acceptors (Lipinski definition) is 7. The zero-order valence-electron chi connectivity index (χ0n) is 18.0. The van der Waals surface area contributed by atoms with Gasteiger partial charge in [0.05, 0.1) is 35.1 Å². The van der Waals surface area contributed by atoms with Crippen molar-refractivity contribution in [3.63, 3.8) is 0 Å². The minimum absolute atomic E-state index is 0.0293. The van der Waals surface area contributed by atoms with Crippen LogP contribution in [0.5, 0.6) is 11.5 Å². The molecule has 0 aliphatic heterocycles. The molecule has 0 spiro atoms. The van der Waals surface area contributed by atoms with Crippen molar-refractivity contribution >= 4 is 57.2 Å². The van der Waals surface area contributed by atoms with E-state index in [1.54, 1.807) is 43.3 Å². The van der Waals surface area contributed by atoms with Crippen LogP contribution in [0.4, 0.5) is 5.69 Å². The number of halogens is 2. The Bertz CT molecular complexity index is 1030. The highest BCUT2D eigenvalue weighted by atomic mass is 79.9. The summed E-state index contributed by atoms with van der Waals surface area (Å²) in [6.07, 6.45) is 1.32. The van der Waals surface area contributed by atoms with E-state index in [4.69, 9.17) is 25.8 Å². The van der Waals surface area contributed by atoms with Gasteiger partial charge in [0.2, 0.25) is 11.8 Å². The van der Waals surface area contributed by atoms with Crippen molar-refractivity contribution in [2.75, 3.05) is 25.6 Å². The van der Waals surface area contributed by atoms with Crippen LogP contribution < -0.4 is 20.2 Å². The normalized spacial score (nSPS) is 10.5. The van der Waals surface area contributed by atoms with Crippen molar-refractivity contribution in [3.8, 4) is 11.5 Å². The molecule has 0 aliphatic rings. The maximum Gasteiger partial charge on any atom is 0.344 e. The Kier molecular flexibility index (Phi) is 10.6. The lowest BCUT2D eigenvalue weighted by Crippen LogP contribution is -2.20. The third-order valence-electron chi connectivity index (χ3n) is 4.02. The summed E-state index contributed by atoms with van der Waals surface area (Å²) >= 11 is 9.35. The van der Waals surface area contributed by atoms with E-state index in [0.29, 0.717) is 32.2 Å². The average molecular weight is 541 g/mol. The van der Waals surface area contributed by atoms with Gasteiger partial charge in [-0.2, -0.15) is 5.10 Å². The lowest BCUT2D eigenvalue weighted by molar-refractivity contribution is -0.145. The zero-order chi connectivity index (χ0) is 24.2. The number of hydrogen-bond donors (Lipinski definition) is 2. The molecule has 2 amide bonds. The largest absolute Gasteiger partial charge is 0.493 e. The maximum atomic E-state index is 12.0. The number of nitrogens with one attached hydrogen (secondary N) is 2. The number of rotatable bonds is 11. The highest BCUT2D eigenvalue weighted by molar-refractivity contribution is 9.10. The van der Waals surface area contributed by atoms with Crippen LogP contribution in [-0.2, 0) is 19.1 Å². The van der Waals surface area contributed by atoms with Gasteiger partial charge in [0, 0.05) is 12.8 Å². The van der Waals surface area contributed by atoms with Crippen LogP contribution in [0.3, 0.4) is 0 Å². The SMILES string of the molecule is CCOC(=O)COc1c(Br)cc(C=NNC(=O)CCC(=O)Nc2ccccc2Cl)cc1OC. The van der Waals surface area contributed by atoms with Gasteiger partial charge in [-0.3, -0.25) is 9.59 Å². The third-order valence-corrected chi connectivity index (χ3v) is 4.94. The van der Waals surface area contributed by atoms with E-state index in [9.17, 15) is 14.4 Å². The third kappa shape index (κ3) is 8.74. The van der Waals surface area contributed by atoms with Crippen molar-refractivity contribution in [1.82, 2.24) is 5.43 Å². The van der Waals surface area contributed by atoms with E-state index in [2.05, 4.69) is 31.8 Å². The first-order valence-electron chi connectivity index (χ1n) is 9.86. The zero-order valence-corrected chi connectivity index (χ0v) is 20.4. The molecule has 0 saturated carbocycles. The lowest BCUT2D eigenvalue weighted by atomic mass is 10.2. The van der Waals surface area contributed by atoms with Gasteiger partial charge in [-0.25, -0.2) is 10.2 Å². The molecule has 176 valence electrons. The molecule has 0 atom stereocenters. The first kappa shape index (κ1) is 26.1. The predicted octanol–water partition coefficient (Wildman–Crippen LogP) is 3.92. The van der Waals surface area contributed by atoms with Gasteiger partial charge in [0.15, 0.2) is 18.1 Å². The number of hydrazone groups is 1. The minimum atomic E-state index is -0.500. The second-order valence-electron chi connectivity index (χ2n) is 6.45. The molecule has 0 heterocycles. The van der Waals surface area contributed by atoms with E-state index in [0.717, 1.165) is 0 Å². The van der Waals surface area contributed by atoms with Crippen LogP contribution in [0, 0.1) is 0 Å². The molecule has 9 nitrogen and oxygen atoms in total. The van der Waals surface area contributed by atoms with Crippen molar-refractivity contribution in [3.05, 3.63) is 51.5 Å². The minimum Gasteiger partial charge on any atom is -0.493 e. The first-order chi connectivity index (χ1) is 15.8. The summed E-state index contributed by atoms with van der Waals surface area (Å²) in [7, 11) is 1.45. The van der Waals surface area contributed by atoms with Gasteiger partial charge in [-0.15, -0.1) is 0 Å². The number of ether oxygens (including phenoxy) is 3. The molecule has 0 radical (unpaired) electrons. The van der Waals surface area contributed by atoms with E-state index < -0.39 is 11.9 Å². The molecule has 2 rings (SSSR count).